The molecule has 20 heavy (non-hydrogen) atoms. The van der Waals surface area contributed by atoms with Gasteiger partial charge < -0.3 is 9.72 Å². The lowest BCUT2D eigenvalue weighted by Gasteiger charge is -2.32. The molecule has 1 aromatic heterocycles. The first-order valence-electron chi connectivity index (χ1n) is 6.64. The van der Waals surface area contributed by atoms with Crippen LogP contribution in [0.15, 0.2) is 11.2 Å². The van der Waals surface area contributed by atoms with E-state index in [0.29, 0.717) is 25.2 Å². The lowest BCUT2D eigenvalue weighted by Crippen LogP contribution is -2.48. The van der Waals surface area contributed by atoms with Crippen molar-refractivity contribution in [3.05, 3.63) is 12.0 Å². The monoisotopic (exact) mass is 301 g/mol. The van der Waals surface area contributed by atoms with Gasteiger partial charge in [0.1, 0.15) is 11.9 Å². The number of carbonyl (C=O) groups is 1. The number of imidazole rings is 1. The highest BCUT2D eigenvalue weighted by atomic mass is 32.2. The zero-order valence-corrected chi connectivity index (χ0v) is 12.4. The molecule has 1 aliphatic heterocycles. The molecule has 0 radical (unpaired) electrons. The molecule has 112 valence electrons. The third kappa shape index (κ3) is 2.71. The minimum Gasteiger partial charge on any atom is -0.468 e. The molecular formula is C12H19N3O4S. The number of methoxy groups -OCH3 is 1. The summed E-state index contributed by atoms with van der Waals surface area (Å²) in [6.45, 7) is 2.20. The molecule has 1 unspecified atom stereocenters. The van der Waals surface area contributed by atoms with E-state index in [1.807, 2.05) is 6.92 Å². The van der Waals surface area contributed by atoms with Gasteiger partial charge in [0.25, 0.3) is 10.0 Å². The fourth-order valence-electron chi connectivity index (χ4n) is 2.34. The Bertz CT molecular complexity index is 581. The molecule has 0 saturated carbocycles. The highest BCUT2D eigenvalue weighted by Gasteiger charge is 2.39. The average Bonchev–Trinajstić information content (AvgIpc) is 2.96. The van der Waals surface area contributed by atoms with Crippen LogP contribution in [0.4, 0.5) is 0 Å². The Morgan fingerprint density at radius 2 is 2.30 bits per heavy atom. The van der Waals surface area contributed by atoms with E-state index in [2.05, 4.69) is 9.97 Å². The normalized spacial score (nSPS) is 20.8. The van der Waals surface area contributed by atoms with Gasteiger partial charge in [-0.25, -0.2) is 13.4 Å². The molecule has 8 heteroatoms. The van der Waals surface area contributed by atoms with Crippen molar-refractivity contribution in [2.75, 3.05) is 13.7 Å². The molecule has 2 heterocycles. The first-order valence-corrected chi connectivity index (χ1v) is 8.08. The Hall–Kier alpha value is -1.41. The maximum absolute atomic E-state index is 12.6. The number of nitrogens with one attached hydrogen (secondary N) is 1. The highest BCUT2D eigenvalue weighted by Crippen LogP contribution is 2.25. The first-order chi connectivity index (χ1) is 9.50. The second kappa shape index (κ2) is 5.92. The van der Waals surface area contributed by atoms with Crippen LogP contribution in [0.3, 0.4) is 0 Å². The van der Waals surface area contributed by atoms with Crippen molar-refractivity contribution in [2.24, 2.45) is 0 Å². The van der Waals surface area contributed by atoms with E-state index in [4.69, 9.17) is 4.74 Å². The van der Waals surface area contributed by atoms with Crippen molar-refractivity contribution in [1.82, 2.24) is 14.3 Å². The average molecular weight is 301 g/mol. The van der Waals surface area contributed by atoms with Gasteiger partial charge >= 0.3 is 5.97 Å². The van der Waals surface area contributed by atoms with Crippen molar-refractivity contribution < 1.29 is 17.9 Å². The number of ether oxygens (including phenoxy) is 1. The van der Waals surface area contributed by atoms with E-state index in [1.165, 1.54) is 17.6 Å². The number of sulfonamides is 1. The summed E-state index contributed by atoms with van der Waals surface area (Å²) in [5.41, 5.74) is 0. The van der Waals surface area contributed by atoms with E-state index in [-0.39, 0.29) is 5.03 Å². The van der Waals surface area contributed by atoms with Crippen LogP contribution in [0.25, 0.3) is 0 Å². The molecular weight excluding hydrogens is 282 g/mol. The van der Waals surface area contributed by atoms with Crippen LogP contribution in [-0.2, 0) is 26.0 Å². The lowest BCUT2D eigenvalue weighted by atomic mass is 10.1. The predicted octanol–water partition coefficient (Wildman–Crippen LogP) is 0.688. The molecule has 0 aliphatic carbocycles. The van der Waals surface area contributed by atoms with Crippen LogP contribution in [-0.4, -0.2) is 48.4 Å². The minimum absolute atomic E-state index is 0.0325. The Kier molecular flexibility index (Phi) is 4.44. The number of aromatic amines is 1. The van der Waals surface area contributed by atoms with Gasteiger partial charge in [0, 0.05) is 13.0 Å². The van der Waals surface area contributed by atoms with Gasteiger partial charge in [-0.15, -0.1) is 0 Å². The van der Waals surface area contributed by atoms with E-state index >= 15 is 0 Å². The number of esters is 1. The van der Waals surface area contributed by atoms with Crippen LogP contribution >= 0.6 is 0 Å². The zero-order chi connectivity index (χ0) is 14.8. The fourth-order valence-corrected chi connectivity index (χ4v) is 3.93. The summed E-state index contributed by atoms with van der Waals surface area (Å²) < 4.78 is 31.1. The summed E-state index contributed by atoms with van der Waals surface area (Å²) >= 11 is 0. The van der Waals surface area contributed by atoms with E-state index in [0.717, 1.165) is 12.8 Å². The second-order valence-electron chi connectivity index (χ2n) is 4.70. The summed E-state index contributed by atoms with van der Waals surface area (Å²) in [5, 5.41) is 0.0325. The Morgan fingerprint density at radius 1 is 1.55 bits per heavy atom. The molecule has 1 aliphatic rings. The quantitative estimate of drug-likeness (QED) is 0.826. The van der Waals surface area contributed by atoms with Crippen LogP contribution in [0.5, 0.6) is 0 Å². The topological polar surface area (TPSA) is 92.4 Å². The summed E-state index contributed by atoms with van der Waals surface area (Å²) in [5.74, 6) is 0.0960. The van der Waals surface area contributed by atoms with Crippen molar-refractivity contribution in [2.45, 2.75) is 43.7 Å². The Labute approximate surface area is 118 Å². The van der Waals surface area contributed by atoms with Crippen molar-refractivity contribution in [1.29, 1.82) is 0 Å². The van der Waals surface area contributed by atoms with Gasteiger partial charge in [0.05, 0.1) is 13.3 Å². The summed E-state index contributed by atoms with van der Waals surface area (Å²) in [4.78, 5) is 18.6. The molecule has 0 spiro atoms. The van der Waals surface area contributed by atoms with Gasteiger partial charge in [0.15, 0.2) is 5.03 Å². The summed E-state index contributed by atoms with van der Waals surface area (Å²) in [7, 11) is -2.47. The van der Waals surface area contributed by atoms with Crippen LogP contribution < -0.4 is 0 Å². The van der Waals surface area contributed by atoms with Gasteiger partial charge in [-0.05, 0) is 19.3 Å². The number of aromatic nitrogens is 2. The number of hydrogen-bond acceptors (Lipinski definition) is 5. The number of H-pyrrole nitrogens is 1. The Balaban J connectivity index is 2.32. The highest BCUT2D eigenvalue weighted by molar-refractivity contribution is 7.89. The van der Waals surface area contributed by atoms with Crippen molar-refractivity contribution in [3.8, 4) is 0 Å². The number of hydrogen-bond donors (Lipinski definition) is 1. The lowest BCUT2D eigenvalue weighted by molar-refractivity contribution is -0.146. The number of piperidine rings is 1. The molecule has 1 fully saturated rings. The SMILES string of the molecule is CCc1ncc(S(=O)(=O)N2CCCCC2C(=O)OC)[nH]1. The molecule has 7 nitrogen and oxygen atoms in total. The molecule has 1 saturated heterocycles. The van der Waals surface area contributed by atoms with Gasteiger partial charge in [-0.2, -0.15) is 4.31 Å². The van der Waals surface area contributed by atoms with E-state index < -0.39 is 22.0 Å². The molecule has 0 aromatic carbocycles. The third-order valence-electron chi connectivity index (χ3n) is 3.45. The number of rotatable bonds is 4. The van der Waals surface area contributed by atoms with Crippen LogP contribution in [0, 0.1) is 0 Å². The first kappa shape index (κ1) is 15.0. The van der Waals surface area contributed by atoms with Gasteiger partial charge in [-0.3, -0.25) is 4.79 Å². The largest absolute Gasteiger partial charge is 0.468 e. The molecule has 2 rings (SSSR count). The summed E-state index contributed by atoms with van der Waals surface area (Å²) in [6, 6.07) is -0.743. The number of carbonyl (C=O) groups excluding carboxylic acids is 1. The maximum Gasteiger partial charge on any atom is 0.324 e. The molecule has 1 atom stereocenters. The van der Waals surface area contributed by atoms with E-state index in [9.17, 15) is 13.2 Å². The van der Waals surface area contributed by atoms with Crippen LogP contribution in [0.2, 0.25) is 0 Å². The molecule has 1 aromatic rings. The smallest absolute Gasteiger partial charge is 0.324 e. The molecule has 0 amide bonds. The van der Waals surface area contributed by atoms with Crippen molar-refractivity contribution >= 4 is 16.0 Å². The fraction of sp³-hybridized carbons (Fsp3) is 0.667. The molecule has 0 bridgehead atoms. The number of nitrogens with zero attached hydrogens (tertiary/aromatic N) is 2. The standard InChI is InChI=1S/C12H19N3O4S/c1-3-10-13-8-11(14-10)20(17,18)15-7-5-4-6-9(15)12(16)19-2/h8-9H,3-7H2,1-2H3,(H,13,14). The van der Waals surface area contributed by atoms with E-state index in [1.54, 1.807) is 0 Å². The van der Waals surface area contributed by atoms with Crippen LogP contribution in [0.1, 0.15) is 32.0 Å². The predicted molar refractivity (Wildman–Crippen MR) is 71.5 cm³/mol. The maximum atomic E-state index is 12.6. The van der Waals surface area contributed by atoms with Gasteiger partial charge in [-0.1, -0.05) is 6.92 Å². The van der Waals surface area contributed by atoms with Crippen molar-refractivity contribution in [3.63, 3.8) is 0 Å². The number of aryl methyl sites for hydroxylation is 1. The third-order valence-corrected chi connectivity index (χ3v) is 5.27. The van der Waals surface area contributed by atoms with Gasteiger partial charge in [0.2, 0.25) is 0 Å². The summed E-state index contributed by atoms with van der Waals surface area (Å²) in [6.07, 6.45) is 3.96. The Morgan fingerprint density at radius 3 is 2.90 bits per heavy atom. The minimum atomic E-state index is -3.74. The molecule has 1 N–H and O–H groups in total. The zero-order valence-electron chi connectivity index (χ0n) is 11.6. The second-order valence-corrected chi connectivity index (χ2v) is 6.56.